The molecule has 0 amide bonds. The SMILES string of the molecule is ClCCCN1c2ccccc2CC1CCl. The Hall–Kier alpha value is -0.400. The van der Waals surface area contributed by atoms with Gasteiger partial charge in [0.15, 0.2) is 0 Å². The highest BCUT2D eigenvalue weighted by atomic mass is 35.5. The Morgan fingerprint density at radius 1 is 1.27 bits per heavy atom. The Morgan fingerprint density at radius 3 is 2.80 bits per heavy atom. The lowest BCUT2D eigenvalue weighted by Gasteiger charge is -2.25. The van der Waals surface area contributed by atoms with Crippen LogP contribution < -0.4 is 4.90 Å². The third-order valence-electron chi connectivity index (χ3n) is 2.91. The first-order valence-electron chi connectivity index (χ1n) is 5.33. The van der Waals surface area contributed by atoms with Crippen LogP contribution in [0.5, 0.6) is 0 Å². The summed E-state index contributed by atoms with van der Waals surface area (Å²) in [6.07, 6.45) is 2.09. The number of fused-ring (bicyclic) bond motifs is 1. The largest absolute Gasteiger partial charge is 0.367 e. The molecule has 0 aromatic heterocycles. The van der Waals surface area contributed by atoms with E-state index in [1.54, 1.807) is 0 Å². The molecule has 1 atom stereocenters. The predicted molar refractivity (Wildman–Crippen MR) is 67.3 cm³/mol. The van der Waals surface area contributed by atoms with Crippen LogP contribution in [-0.2, 0) is 6.42 Å². The van der Waals surface area contributed by atoms with Crippen molar-refractivity contribution in [3.05, 3.63) is 29.8 Å². The third kappa shape index (κ3) is 2.24. The molecule has 15 heavy (non-hydrogen) atoms. The van der Waals surface area contributed by atoms with Gasteiger partial charge in [-0.2, -0.15) is 0 Å². The number of nitrogens with zero attached hydrogens (tertiary/aromatic N) is 1. The van der Waals surface area contributed by atoms with Gasteiger partial charge in [-0.05, 0) is 24.5 Å². The number of hydrogen-bond acceptors (Lipinski definition) is 1. The van der Waals surface area contributed by atoms with Crippen LogP contribution in [0.1, 0.15) is 12.0 Å². The molecule has 3 heteroatoms. The van der Waals surface area contributed by atoms with Gasteiger partial charge in [0, 0.05) is 30.0 Å². The van der Waals surface area contributed by atoms with E-state index in [0.717, 1.165) is 19.4 Å². The standard InChI is InChI=1S/C12H15Cl2N/c13-6-3-7-15-11(9-14)8-10-4-1-2-5-12(10)15/h1-2,4-5,11H,3,6-9H2. The summed E-state index contributed by atoms with van der Waals surface area (Å²) in [5.41, 5.74) is 2.76. The highest BCUT2D eigenvalue weighted by molar-refractivity contribution is 6.18. The minimum atomic E-state index is 0.451. The van der Waals surface area contributed by atoms with E-state index in [1.807, 2.05) is 0 Å². The van der Waals surface area contributed by atoms with E-state index < -0.39 is 0 Å². The van der Waals surface area contributed by atoms with E-state index in [4.69, 9.17) is 23.2 Å². The van der Waals surface area contributed by atoms with Crippen molar-refractivity contribution >= 4 is 28.9 Å². The zero-order chi connectivity index (χ0) is 10.7. The molecule has 1 aliphatic heterocycles. The van der Waals surface area contributed by atoms with Gasteiger partial charge in [-0.25, -0.2) is 0 Å². The first kappa shape index (κ1) is 11.1. The molecule has 1 aromatic carbocycles. The van der Waals surface area contributed by atoms with Gasteiger partial charge in [-0.15, -0.1) is 23.2 Å². The Morgan fingerprint density at radius 2 is 2.07 bits per heavy atom. The summed E-state index contributed by atoms with van der Waals surface area (Å²) in [6, 6.07) is 9.00. The van der Waals surface area contributed by atoms with Crippen LogP contribution in [0.4, 0.5) is 5.69 Å². The number of benzene rings is 1. The minimum Gasteiger partial charge on any atom is -0.367 e. The van der Waals surface area contributed by atoms with E-state index >= 15 is 0 Å². The van der Waals surface area contributed by atoms with Crippen molar-refractivity contribution in [3.63, 3.8) is 0 Å². The maximum Gasteiger partial charge on any atom is 0.0466 e. The minimum absolute atomic E-state index is 0.451. The molecule has 1 aromatic rings. The average Bonchev–Trinajstić information content (AvgIpc) is 2.64. The smallest absolute Gasteiger partial charge is 0.0466 e. The van der Waals surface area contributed by atoms with Gasteiger partial charge in [0.25, 0.3) is 0 Å². The van der Waals surface area contributed by atoms with Crippen LogP contribution in [0.15, 0.2) is 24.3 Å². The van der Waals surface area contributed by atoms with Crippen molar-refractivity contribution in [1.82, 2.24) is 0 Å². The molecule has 0 spiro atoms. The quantitative estimate of drug-likeness (QED) is 0.734. The van der Waals surface area contributed by atoms with Crippen LogP contribution >= 0.6 is 23.2 Å². The molecule has 0 fully saturated rings. The Kier molecular flexibility index (Phi) is 3.76. The van der Waals surface area contributed by atoms with E-state index in [1.165, 1.54) is 11.3 Å². The summed E-state index contributed by atoms with van der Waals surface area (Å²) in [7, 11) is 0. The zero-order valence-corrected chi connectivity index (χ0v) is 10.1. The lowest BCUT2D eigenvalue weighted by molar-refractivity contribution is 0.669. The average molecular weight is 244 g/mol. The van der Waals surface area contributed by atoms with E-state index in [9.17, 15) is 0 Å². The van der Waals surface area contributed by atoms with Crippen LogP contribution in [0.2, 0.25) is 0 Å². The summed E-state index contributed by atoms with van der Waals surface area (Å²) in [6.45, 7) is 1.01. The van der Waals surface area contributed by atoms with Crippen LogP contribution in [0, 0.1) is 0 Å². The van der Waals surface area contributed by atoms with Gasteiger partial charge in [0.1, 0.15) is 0 Å². The third-order valence-corrected chi connectivity index (χ3v) is 3.53. The van der Waals surface area contributed by atoms with E-state index in [0.29, 0.717) is 17.8 Å². The van der Waals surface area contributed by atoms with Gasteiger partial charge in [0.05, 0.1) is 0 Å². The number of para-hydroxylation sites is 1. The summed E-state index contributed by atoms with van der Waals surface area (Å²) >= 11 is 11.7. The Labute approximate surface area is 101 Å². The second-order valence-corrected chi connectivity index (χ2v) is 4.56. The second kappa shape index (κ2) is 5.09. The van der Waals surface area contributed by atoms with Crippen LogP contribution in [-0.4, -0.2) is 24.3 Å². The summed E-state index contributed by atoms with van der Waals surface area (Å²) in [4.78, 5) is 2.39. The summed E-state index contributed by atoms with van der Waals surface area (Å²) in [5, 5.41) is 0. The molecular formula is C12H15Cl2N. The van der Waals surface area contributed by atoms with Gasteiger partial charge < -0.3 is 4.90 Å². The topological polar surface area (TPSA) is 3.24 Å². The van der Waals surface area contributed by atoms with Gasteiger partial charge in [0.2, 0.25) is 0 Å². The van der Waals surface area contributed by atoms with Gasteiger partial charge >= 0.3 is 0 Å². The number of anilines is 1. The van der Waals surface area contributed by atoms with Crippen molar-refractivity contribution in [2.24, 2.45) is 0 Å². The van der Waals surface area contributed by atoms with Crippen molar-refractivity contribution in [2.75, 3.05) is 23.2 Å². The van der Waals surface area contributed by atoms with E-state index in [-0.39, 0.29) is 0 Å². The highest BCUT2D eigenvalue weighted by Crippen LogP contribution is 2.32. The number of halogens is 2. The number of hydrogen-bond donors (Lipinski definition) is 0. The molecule has 0 aliphatic carbocycles. The van der Waals surface area contributed by atoms with Crippen LogP contribution in [0.3, 0.4) is 0 Å². The summed E-state index contributed by atoms with van der Waals surface area (Å²) in [5.74, 6) is 1.41. The van der Waals surface area contributed by atoms with Crippen molar-refractivity contribution < 1.29 is 0 Å². The molecule has 1 unspecified atom stereocenters. The van der Waals surface area contributed by atoms with Gasteiger partial charge in [-0.3, -0.25) is 0 Å². The molecule has 0 bridgehead atoms. The van der Waals surface area contributed by atoms with Crippen LogP contribution in [0.25, 0.3) is 0 Å². The van der Waals surface area contributed by atoms with Crippen molar-refractivity contribution in [3.8, 4) is 0 Å². The number of rotatable bonds is 4. The lowest BCUT2D eigenvalue weighted by atomic mass is 10.1. The fraction of sp³-hybridized carbons (Fsp3) is 0.500. The number of alkyl halides is 2. The fourth-order valence-electron chi connectivity index (χ4n) is 2.20. The maximum absolute atomic E-state index is 6.00. The molecule has 1 nitrogen and oxygen atoms in total. The Balaban J connectivity index is 2.18. The molecule has 0 saturated carbocycles. The monoisotopic (exact) mass is 243 g/mol. The normalized spacial score (nSPS) is 19.3. The van der Waals surface area contributed by atoms with Gasteiger partial charge in [-0.1, -0.05) is 18.2 Å². The fourth-order valence-corrected chi connectivity index (χ4v) is 2.59. The zero-order valence-electron chi connectivity index (χ0n) is 8.63. The van der Waals surface area contributed by atoms with Crippen molar-refractivity contribution in [2.45, 2.75) is 18.9 Å². The molecule has 1 aliphatic rings. The Bertz CT molecular complexity index is 327. The molecule has 0 saturated heterocycles. The molecule has 0 N–H and O–H groups in total. The molecular weight excluding hydrogens is 229 g/mol. The summed E-state index contributed by atoms with van der Waals surface area (Å²) < 4.78 is 0. The molecule has 1 heterocycles. The first-order valence-corrected chi connectivity index (χ1v) is 6.40. The molecule has 2 rings (SSSR count). The van der Waals surface area contributed by atoms with E-state index in [2.05, 4.69) is 29.2 Å². The van der Waals surface area contributed by atoms with Crippen molar-refractivity contribution in [1.29, 1.82) is 0 Å². The lowest BCUT2D eigenvalue weighted by Crippen LogP contribution is -2.34. The second-order valence-electron chi connectivity index (χ2n) is 3.88. The first-order chi connectivity index (χ1) is 7.36. The maximum atomic E-state index is 6.00. The predicted octanol–water partition coefficient (Wildman–Crippen LogP) is 3.29. The molecule has 0 radical (unpaired) electrons. The highest BCUT2D eigenvalue weighted by Gasteiger charge is 2.27. The molecule has 82 valence electrons.